The van der Waals surface area contributed by atoms with Crippen molar-refractivity contribution in [2.45, 2.75) is 53.4 Å². The molecule has 0 fully saturated rings. The van der Waals surface area contributed by atoms with E-state index in [4.69, 9.17) is 0 Å². The van der Waals surface area contributed by atoms with Gasteiger partial charge in [-0.05, 0) is 0 Å². The molecule has 3 heteroatoms. The summed E-state index contributed by atoms with van der Waals surface area (Å²) in [6.07, 6.45) is 8.79. The molecule has 0 unspecified atom stereocenters. The first-order chi connectivity index (χ1) is 8.21. The standard InChI is InChI=1S/C8H13N.C7H12N2/c1-8(2,3)7-5-4-6-9-7;1-7(2,3)6-8-4-5-9-6/h5-6H,4H2,1-3H3;4-5H,1-3H3,(H,8,9). The summed E-state index contributed by atoms with van der Waals surface area (Å²) < 4.78 is 0. The van der Waals surface area contributed by atoms with Crippen LogP contribution >= 0.6 is 0 Å². The molecule has 1 N–H and O–H groups in total. The van der Waals surface area contributed by atoms with Crippen molar-refractivity contribution in [1.82, 2.24) is 9.97 Å². The zero-order valence-corrected chi connectivity index (χ0v) is 12.4. The van der Waals surface area contributed by atoms with E-state index in [1.165, 1.54) is 5.70 Å². The molecular weight excluding hydrogens is 222 g/mol. The summed E-state index contributed by atoms with van der Waals surface area (Å²) in [6.45, 7) is 12.9. The van der Waals surface area contributed by atoms with Crippen LogP contribution in [-0.4, -0.2) is 16.2 Å². The fraction of sp³-hybridized carbons (Fsp3) is 0.600. The lowest BCUT2D eigenvalue weighted by atomic mass is 9.92. The van der Waals surface area contributed by atoms with E-state index in [2.05, 4.69) is 62.6 Å². The normalized spacial score (nSPS) is 15.1. The van der Waals surface area contributed by atoms with Crippen molar-refractivity contribution in [2.75, 3.05) is 0 Å². The first-order valence-electron chi connectivity index (χ1n) is 6.44. The Morgan fingerprint density at radius 1 is 1.06 bits per heavy atom. The second-order valence-electron chi connectivity index (χ2n) is 6.57. The SMILES string of the molecule is CC(C)(C)C1=CCC=N1.CC(C)(C)c1ncc[nH]1. The van der Waals surface area contributed by atoms with Crippen LogP contribution in [0.4, 0.5) is 0 Å². The molecule has 1 aliphatic heterocycles. The van der Waals surface area contributed by atoms with Crippen molar-refractivity contribution in [2.24, 2.45) is 10.4 Å². The third-order valence-electron chi connectivity index (χ3n) is 2.62. The highest BCUT2D eigenvalue weighted by Crippen LogP contribution is 2.28. The Hall–Kier alpha value is -1.38. The minimum Gasteiger partial charge on any atom is -0.348 e. The lowest BCUT2D eigenvalue weighted by Gasteiger charge is -2.16. The van der Waals surface area contributed by atoms with E-state index in [9.17, 15) is 0 Å². The first kappa shape index (κ1) is 14.7. The van der Waals surface area contributed by atoms with Crippen LogP contribution in [0.3, 0.4) is 0 Å². The Kier molecular flexibility index (Phi) is 4.49. The number of H-pyrrole nitrogens is 1. The monoisotopic (exact) mass is 247 g/mol. The minimum atomic E-state index is 0.156. The van der Waals surface area contributed by atoms with Gasteiger partial charge in [-0.25, -0.2) is 4.98 Å². The molecule has 0 spiro atoms. The average Bonchev–Trinajstić information content (AvgIpc) is 2.91. The number of aromatic nitrogens is 2. The number of allylic oxidation sites excluding steroid dienone is 2. The fourth-order valence-electron chi connectivity index (χ4n) is 1.54. The Morgan fingerprint density at radius 3 is 1.94 bits per heavy atom. The topological polar surface area (TPSA) is 41.0 Å². The maximum Gasteiger partial charge on any atom is 0.111 e. The van der Waals surface area contributed by atoms with E-state index < -0.39 is 0 Å². The van der Waals surface area contributed by atoms with Crippen LogP contribution in [-0.2, 0) is 5.41 Å². The molecule has 18 heavy (non-hydrogen) atoms. The van der Waals surface area contributed by atoms with E-state index in [-0.39, 0.29) is 10.8 Å². The molecule has 2 heterocycles. The number of rotatable bonds is 0. The first-order valence-corrected chi connectivity index (χ1v) is 6.44. The highest BCUT2D eigenvalue weighted by molar-refractivity contribution is 5.65. The summed E-state index contributed by atoms with van der Waals surface area (Å²) in [6, 6.07) is 0. The summed E-state index contributed by atoms with van der Waals surface area (Å²) in [5, 5.41) is 0. The van der Waals surface area contributed by atoms with E-state index >= 15 is 0 Å². The van der Waals surface area contributed by atoms with Gasteiger partial charge in [0.05, 0.1) is 0 Å². The van der Waals surface area contributed by atoms with Gasteiger partial charge in [-0.15, -0.1) is 0 Å². The van der Waals surface area contributed by atoms with Crippen molar-refractivity contribution in [1.29, 1.82) is 0 Å². The van der Waals surface area contributed by atoms with Crippen LogP contribution in [0.1, 0.15) is 53.8 Å². The second kappa shape index (κ2) is 5.51. The van der Waals surface area contributed by atoms with E-state index in [0.717, 1.165) is 12.2 Å². The predicted molar refractivity (Wildman–Crippen MR) is 77.9 cm³/mol. The van der Waals surface area contributed by atoms with Crippen LogP contribution in [0.5, 0.6) is 0 Å². The van der Waals surface area contributed by atoms with Gasteiger partial charge in [0, 0.05) is 41.6 Å². The Morgan fingerprint density at radius 2 is 1.72 bits per heavy atom. The maximum absolute atomic E-state index is 4.24. The number of nitrogens with one attached hydrogen (secondary N) is 1. The number of hydrogen-bond donors (Lipinski definition) is 1. The molecule has 0 aliphatic carbocycles. The van der Waals surface area contributed by atoms with Crippen LogP contribution < -0.4 is 0 Å². The molecule has 0 saturated carbocycles. The van der Waals surface area contributed by atoms with Crippen LogP contribution in [0, 0.1) is 5.41 Å². The van der Waals surface area contributed by atoms with Crippen molar-refractivity contribution in [3.63, 3.8) is 0 Å². The molecule has 1 aromatic rings. The molecule has 2 rings (SSSR count). The lowest BCUT2D eigenvalue weighted by molar-refractivity contribution is 0.500. The summed E-state index contributed by atoms with van der Waals surface area (Å²) in [5.74, 6) is 1.04. The molecular formula is C15H25N3. The summed E-state index contributed by atoms with van der Waals surface area (Å²) >= 11 is 0. The molecule has 1 aromatic heterocycles. The fourth-order valence-corrected chi connectivity index (χ4v) is 1.54. The highest BCUT2D eigenvalue weighted by atomic mass is 14.9. The Balaban J connectivity index is 0.000000180. The van der Waals surface area contributed by atoms with Crippen molar-refractivity contribution in [3.8, 4) is 0 Å². The molecule has 0 atom stereocenters. The predicted octanol–water partition coefficient (Wildman–Crippen LogP) is 4.10. The minimum absolute atomic E-state index is 0.156. The maximum atomic E-state index is 4.24. The van der Waals surface area contributed by atoms with Gasteiger partial charge in [-0.3, -0.25) is 4.99 Å². The van der Waals surface area contributed by atoms with Crippen molar-refractivity contribution in [3.05, 3.63) is 30.0 Å². The largest absolute Gasteiger partial charge is 0.348 e. The summed E-state index contributed by atoms with van der Waals surface area (Å²) in [5.41, 5.74) is 1.62. The molecule has 100 valence electrons. The number of aromatic amines is 1. The van der Waals surface area contributed by atoms with E-state index in [0.29, 0.717) is 0 Å². The molecule has 0 radical (unpaired) electrons. The van der Waals surface area contributed by atoms with Gasteiger partial charge < -0.3 is 4.98 Å². The van der Waals surface area contributed by atoms with Gasteiger partial charge in [-0.2, -0.15) is 0 Å². The molecule has 1 aliphatic rings. The van der Waals surface area contributed by atoms with Crippen LogP contribution in [0.2, 0.25) is 0 Å². The second-order valence-corrected chi connectivity index (χ2v) is 6.57. The van der Waals surface area contributed by atoms with E-state index in [1.54, 1.807) is 6.20 Å². The third-order valence-corrected chi connectivity index (χ3v) is 2.62. The molecule has 3 nitrogen and oxygen atoms in total. The van der Waals surface area contributed by atoms with Crippen LogP contribution in [0.25, 0.3) is 0 Å². The lowest BCUT2D eigenvalue weighted by Crippen LogP contribution is -2.12. The van der Waals surface area contributed by atoms with Gasteiger partial charge in [0.15, 0.2) is 0 Å². The van der Waals surface area contributed by atoms with Gasteiger partial charge in [0.2, 0.25) is 0 Å². The zero-order chi connectivity index (χ0) is 13.8. The van der Waals surface area contributed by atoms with Gasteiger partial charge >= 0.3 is 0 Å². The quantitative estimate of drug-likeness (QED) is 0.736. The molecule has 0 amide bonds. The number of aliphatic imine (C=N–C) groups is 1. The Labute approximate surface area is 110 Å². The number of nitrogens with zero attached hydrogens (tertiary/aromatic N) is 2. The van der Waals surface area contributed by atoms with Crippen LogP contribution in [0.15, 0.2) is 29.2 Å². The highest BCUT2D eigenvalue weighted by Gasteiger charge is 2.17. The van der Waals surface area contributed by atoms with Gasteiger partial charge in [-0.1, -0.05) is 47.6 Å². The molecule has 0 bridgehead atoms. The number of hydrogen-bond acceptors (Lipinski definition) is 2. The summed E-state index contributed by atoms with van der Waals surface area (Å²) in [7, 11) is 0. The zero-order valence-electron chi connectivity index (χ0n) is 12.4. The van der Waals surface area contributed by atoms with E-state index in [1.807, 2.05) is 12.4 Å². The van der Waals surface area contributed by atoms with Gasteiger partial charge in [0.1, 0.15) is 5.82 Å². The van der Waals surface area contributed by atoms with Crippen molar-refractivity contribution >= 4 is 6.21 Å². The molecule has 0 saturated heterocycles. The van der Waals surface area contributed by atoms with Crippen molar-refractivity contribution < 1.29 is 0 Å². The average molecular weight is 247 g/mol. The summed E-state index contributed by atoms with van der Waals surface area (Å²) in [4.78, 5) is 11.4. The third kappa shape index (κ3) is 4.47. The molecule has 0 aromatic carbocycles. The number of imidazole rings is 1. The Bertz CT molecular complexity index is 412. The smallest absolute Gasteiger partial charge is 0.111 e. The van der Waals surface area contributed by atoms with Gasteiger partial charge in [0.25, 0.3) is 0 Å².